The number of hydrogen-bond donors (Lipinski definition) is 1. The quantitative estimate of drug-likeness (QED) is 0.888. The number of ether oxygens (including phenoxy) is 1. The molecule has 0 spiro atoms. The number of fused-ring (bicyclic) bond motifs is 1. The summed E-state index contributed by atoms with van der Waals surface area (Å²) in [6.45, 7) is 3.48. The van der Waals surface area contributed by atoms with E-state index in [0.717, 1.165) is 23.1 Å². The van der Waals surface area contributed by atoms with Crippen LogP contribution < -0.4 is 5.32 Å². The molecule has 0 radical (unpaired) electrons. The number of anilines is 1. The summed E-state index contributed by atoms with van der Waals surface area (Å²) in [4.78, 5) is 0. The predicted molar refractivity (Wildman–Crippen MR) is 73.8 cm³/mol. The van der Waals surface area contributed by atoms with Gasteiger partial charge < -0.3 is 10.1 Å². The highest BCUT2D eigenvalue weighted by Crippen LogP contribution is 2.23. The largest absolute Gasteiger partial charge is 0.384 e. The van der Waals surface area contributed by atoms with Gasteiger partial charge in [-0.15, -0.1) is 10.2 Å². The second-order valence-electron chi connectivity index (χ2n) is 4.49. The van der Waals surface area contributed by atoms with Gasteiger partial charge in [0, 0.05) is 19.0 Å². The maximum atomic E-state index is 9.13. The molecule has 0 saturated heterocycles. The third kappa shape index (κ3) is 2.98. The molecular formula is C14H16N4O. The first-order valence-corrected chi connectivity index (χ1v) is 6.14. The van der Waals surface area contributed by atoms with Crippen molar-refractivity contribution in [3.05, 3.63) is 30.0 Å². The Bertz CT molecular complexity index is 606. The number of nitrogens with one attached hydrogen (secondary N) is 1. The van der Waals surface area contributed by atoms with Crippen LogP contribution >= 0.6 is 0 Å². The van der Waals surface area contributed by atoms with Crippen molar-refractivity contribution in [2.45, 2.75) is 6.92 Å². The molecule has 0 bridgehead atoms. The number of nitrogens with zero attached hydrogens (tertiary/aromatic N) is 3. The molecule has 0 aliphatic carbocycles. The molecule has 5 heteroatoms. The van der Waals surface area contributed by atoms with Crippen LogP contribution in [0.3, 0.4) is 0 Å². The lowest BCUT2D eigenvalue weighted by molar-refractivity contribution is 0.164. The van der Waals surface area contributed by atoms with Crippen LogP contribution in [0.25, 0.3) is 10.9 Å². The monoisotopic (exact) mass is 256 g/mol. The Hall–Kier alpha value is -2.19. The van der Waals surface area contributed by atoms with Crippen LogP contribution in [-0.2, 0) is 4.74 Å². The van der Waals surface area contributed by atoms with Crippen molar-refractivity contribution in [1.82, 2.24) is 10.2 Å². The molecule has 1 aromatic carbocycles. The van der Waals surface area contributed by atoms with E-state index in [1.54, 1.807) is 7.11 Å². The summed E-state index contributed by atoms with van der Waals surface area (Å²) in [7, 11) is 1.68. The van der Waals surface area contributed by atoms with Gasteiger partial charge in [-0.3, -0.25) is 0 Å². The first kappa shape index (κ1) is 13.2. The molecule has 1 aromatic heterocycles. The third-order valence-corrected chi connectivity index (χ3v) is 2.85. The maximum absolute atomic E-state index is 9.13. The Kier molecular flexibility index (Phi) is 4.26. The van der Waals surface area contributed by atoms with Crippen LogP contribution in [0.15, 0.2) is 24.3 Å². The van der Waals surface area contributed by atoms with Crippen LogP contribution in [0.5, 0.6) is 0 Å². The Morgan fingerprint density at radius 1 is 1.37 bits per heavy atom. The summed E-state index contributed by atoms with van der Waals surface area (Å²) in [5.74, 6) is 0.350. The number of hydrogen-bond acceptors (Lipinski definition) is 5. The van der Waals surface area contributed by atoms with Crippen molar-refractivity contribution in [2.24, 2.45) is 5.92 Å². The second kappa shape index (κ2) is 6.12. The molecular weight excluding hydrogens is 240 g/mol. The van der Waals surface area contributed by atoms with Crippen LogP contribution in [0, 0.1) is 17.2 Å². The summed E-state index contributed by atoms with van der Waals surface area (Å²) >= 11 is 0. The first-order chi connectivity index (χ1) is 9.26. The van der Waals surface area contributed by atoms with Gasteiger partial charge >= 0.3 is 0 Å². The predicted octanol–water partition coefficient (Wildman–Crippen LogP) is 2.20. The molecule has 0 saturated carbocycles. The smallest absolute Gasteiger partial charge is 0.186 e. The van der Waals surface area contributed by atoms with E-state index in [-0.39, 0.29) is 0 Å². The minimum atomic E-state index is 0.323. The Labute approximate surface area is 112 Å². The molecule has 0 aliphatic rings. The van der Waals surface area contributed by atoms with Crippen LogP contribution in [-0.4, -0.2) is 30.5 Å². The SMILES string of the molecule is COCC(C)CNc1c(C#N)nnc2ccccc12. The zero-order chi connectivity index (χ0) is 13.7. The molecule has 1 atom stereocenters. The van der Waals surface area contributed by atoms with Gasteiger partial charge in [0.25, 0.3) is 0 Å². The zero-order valence-electron chi connectivity index (χ0n) is 11.1. The Balaban J connectivity index is 2.32. The molecule has 1 unspecified atom stereocenters. The van der Waals surface area contributed by atoms with Crippen molar-refractivity contribution in [1.29, 1.82) is 5.26 Å². The minimum Gasteiger partial charge on any atom is -0.384 e. The van der Waals surface area contributed by atoms with Crippen molar-refractivity contribution in [3.63, 3.8) is 0 Å². The molecule has 2 aromatic rings. The molecule has 19 heavy (non-hydrogen) atoms. The topological polar surface area (TPSA) is 70.8 Å². The normalized spacial score (nSPS) is 12.1. The molecule has 0 amide bonds. The highest BCUT2D eigenvalue weighted by Gasteiger charge is 2.11. The summed E-state index contributed by atoms with van der Waals surface area (Å²) in [6, 6.07) is 9.73. The van der Waals surface area contributed by atoms with Crippen LogP contribution in [0.2, 0.25) is 0 Å². The van der Waals surface area contributed by atoms with Gasteiger partial charge in [-0.2, -0.15) is 5.26 Å². The fourth-order valence-corrected chi connectivity index (χ4v) is 1.93. The third-order valence-electron chi connectivity index (χ3n) is 2.85. The van der Waals surface area contributed by atoms with Gasteiger partial charge in [0.1, 0.15) is 6.07 Å². The molecule has 98 valence electrons. The van der Waals surface area contributed by atoms with Gasteiger partial charge in [-0.1, -0.05) is 25.1 Å². The lowest BCUT2D eigenvalue weighted by atomic mass is 10.1. The van der Waals surface area contributed by atoms with Gasteiger partial charge in [-0.25, -0.2) is 0 Å². The Morgan fingerprint density at radius 3 is 2.89 bits per heavy atom. The van der Waals surface area contributed by atoms with Gasteiger partial charge in [-0.05, 0) is 12.0 Å². The standard InChI is InChI=1S/C14H16N4O/c1-10(9-19-2)8-16-14-11-5-3-4-6-12(11)17-18-13(14)7-15/h3-6,10H,8-9H2,1-2H3,(H,16,17). The van der Waals surface area contributed by atoms with Crippen molar-refractivity contribution in [2.75, 3.05) is 25.6 Å². The molecule has 2 rings (SSSR count). The van der Waals surface area contributed by atoms with E-state index >= 15 is 0 Å². The molecule has 1 heterocycles. The second-order valence-corrected chi connectivity index (χ2v) is 4.49. The molecule has 0 fully saturated rings. The average Bonchev–Trinajstić information content (AvgIpc) is 2.44. The molecule has 0 aliphatic heterocycles. The first-order valence-electron chi connectivity index (χ1n) is 6.14. The van der Waals surface area contributed by atoms with E-state index in [1.807, 2.05) is 24.3 Å². The van der Waals surface area contributed by atoms with Gasteiger partial charge in [0.15, 0.2) is 5.69 Å². The van der Waals surface area contributed by atoms with Crippen molar-refractivity contribution in [3.8, 4) is 6.07 Å². The van der Waals surface area contributed by atoms with Crippen molar-refractivity contribution >= 4 is 16.6 Å². The maximum Gasteiger partial charge on any atom is 0.186 e. The summed E-state index contributed by atoms with van der Waals surface area (Å²) in [5.41, 5.74) is 1.85. The van der Waals surface area contributed by atoms with Crippen LogP contribution in [0.1, 0.15) is 12.6 Å². The number of aromatic nitrogens is 2. The fraction of sp³-hybridized carbons (Fsp3) is 0.357. The lowest BCUT2D eigenvalue weighted by Gasteiger charge is -2.14. The van der Waals surface area contributed by atoms with Gasteiger partial charge in [0.05, 0.1) is 17.8 Å². The van der Waals surface area contributed by atoms with Crippen molar-refractivity contribution < 1.29 is 4.74 Å². The number of benzene rings is 1. The van der Waals surface area contributed by atoms with Gasteiger partial charge in [0.2, 0.25) is 0 Å². The average molecular weight is 256 g/mol. The molecule has 5 nitrogen and oxygen atoms in total. The summed E-state index contributed by atoms with van der Waals surface area (Å²) < 4.78 is 5.10. The van der Waals surface area contributed by atoms with E-state index in [1.165, 1.54) is 0 Å². The highest BCUT2D eigenvalue weighted by molar-refractivity contribution is 5.92. The van der Waals surface area contributed by atoms with E-state index in [0.29, 0.717) is 18.2 Å². The number of methoxy groups -OCH3 is 1. The summed E-state index contributed by atoms with van der Waals surface area (Å²) in [6.07, 6.45) is 0. The lowest BCUT2D eigenvalue weighted by Crippen LogP contribution is -2.17. The Morgan fingerprint density at radius 2 is 2.16 bits per heavy atom. The van der Waals surface area contributed by atoms with Crippen LogP contribution in [0.4, 0.5) is 5.69 Å². The van der Waals surface area contributed by atoms with E-state index in [2.05, 4.69) is 28.5 Å². The zero-order valence-corrected chi connectivity index (χ0v) is 11.1. The summed E-state index contributed by atoms with van der Waals surface area (Å²) in [5, 5.41) is 21.3. The van der Waals surface area contributed by atoms with E-state index < -0.39 is 0 Å². The minimum absolute atomic E-state index is 0.323. The fourth-order valence-electron chi connectivity index (χ4n) is 1.93. The van der Waals surface area contributed by atoms with E-state index in [9.17, 15) is 0 Å². The molecule has 1 N–H and O–H groups in total. The highest BCUT2D eigenvalue weighted by atomic mass is 16.5. The number of nitriles is 1. The van der Waals surface area contributed by atoms with E-state index in [4.69, 9.17) is 10.00 Å². The number of rotatable bonds is 5.